The number of alkyl halides is 4. The first kappa shape index (κ1) is 9.47. The van der Waals surface area contributed by atoms with E-state index in [-0.39, 0.29) is 9.90 Å². The molecule has 0 N–H and O–H groups in total. The molecule has 1 unspecified atom stereocenters. The van der Waals surface area contributed by atoms with E-state index in [1.54, 1.807) is 0 Å². The van der Waals surface area contributed by atoms with Gasteiger partial charge < -0.3 is 0 Å². The summed E-state index contributed by atoms with van der Waals surface area (Å²) in [6.07, 6.45) is -5.50. The summed E-state index contributed by atoms with van der Waals surface area (Å²) in [4.78, 5) is 0. The highest BCUT2D eigenvalue weighted by molar-refractivity contribution is 6.92. The molecule has 0 amide bonds. The second-order valence-corrected chi connectivity index (χ2v) is 0.429. The van der Waals surface area contributed by atoms with E-state index in [9.17, 15) is 17.6 Å². The minimum absolute atomic E-state index is 0. The summed E-state index contributed by atoms with van der Waals surface area (Å²) in [5, 5.41) is 0. The molecule has 0 aliphatic carbocycles. The maximum atomic E-state index is 9.69. The Hall–Kier alpha value is 0.150. The fourth-order valence-corrected chi connectivity index (χ4v) is 0. The highest BCUT2D eigenvalue weighted by Crippen LogP contribution is 2.13. The van der Waals surface area contributed by atoms with Gasteiger partial charge in [0, 0.05) is 0 Å². The van der Waals surface area contributed by atoms with Crippen molar-refractivity contribution < 1.29 is 17.6 Å². The topological polar surface area (TPSA) is 0 Å². The molecule has 0 aromatic carbocycles. The van der Waals surface area contributed by atoms with Crippen LogP contribution in [0.25, 0.3) is 0 Å². The molecule has 5 heteroatoms. The third-order valence-corrected chi connectivity index (χ3v) is 0. The van der Waals surface area contributed by atoms with Crippen LogP contribution < -0.4 is 0 Å². The summed E-state index contributed by atoms with van der Waals surface area (Å²) in [7, 11) is 0. The van der Waals surface area contributed by atoms with Crippen molar-refractivity contribution in [1.29, 1.82) is 0 Å². The Morgan fingerprint density at radius 2 is 0.833 bits per heavy atom. The predicted molar refractivity (Wildman–Crippen MR) is 18.3 cm³/mol. The molecular formula is CH3F4P. The molecule has 6 heavy (non-hydrogen) atoms. The molecule has 0 radical (unpaired) electrons. The SMILES string of the molecule is FC(F)(F)F.P. The van der Waals surface area contributed by atoms with Crippen LogP contribution in [0.1, 0.15) is 0 Å². The summed E-state index contributed by atoms with van der Waals surface area (Å²) in [5.74, 6) is 0. The van der Waals surface area contributed by atoms with Crippen LogP contribution in [0.15, 0.2) is 0 Å². The van der Waals surface area contributed by atoms with Crippen molar-refractivity contribution in [3.05, 3.63) is 0 Å². The van der Waals surface area contributed by atoms with Gasteiger partial charge in [0.1, 0.15) is 0 Å². The Morgan fingerprint density at radius 1 is 0.833 bits per heavy atom. The molecule has 0 aliphatic heterocycles. The van der Waals surface area contributed by atoms with Gasteiger partial charge in [-0.3, -0.25) is 0 Å². The van der Waals surface area contributed by atoms with Crippen molar-refractivity contribution in [2.24, 2.45) is 0 Å². The monoisotopic (exact) mass is 122 g/mol. The van der Waals surface area contributed by atoms with Crippen molar-refractivity contribution in [3.8, 4) is 0 Å². The van der Waals surface area contributed by atoms with Crippen molar-refractivity contribution in [1.82, 2.24) is 0 Å². The largest absolute Gasteiger partial charge is 0.559 e. The lowest BCUT2D eigenvalue weighted by Crippen LogP contribution is -1.92. The Morgan fingerprint density at radius 3 is 0.833 bits per heavy atom. The van der Waals surface area contributed by atoms with Gasteiger partial charge in [-0.1, -0.05) is 0 Å². The van der Waals surface area contributed by atoms with Gasteiger partial charge in [0.15, 0.2) is 0 Å². The smallest absolute Gasteiger partial charge is 0.153 e. The highest BCUT2D eigenvalue weighted by atomic mass is 31.0. The normalized spacial score (nSPS) is 10.0. The summed E-state index contributed by atoms with van der Waals surface area (Å²) in [6, 6.07) is 0. The van der Waals surface area contributed by atoms with Crippen LogP contribution in [0.5, 0.6) is 0 Å². The van der Waals surface area contributed by atoms with E-state index < -0.39 is 6.43 Å². The highest BCUT2D eigenvalue weighted by Gasteiger charge is 2.24. The van der Waals surface area contributed by atoms with Gasteiger partial charge in [-0.2, -0.15) is 9.90 Å². The number of hydrogen-bond donors (Lipinski definition) is 0. The fourth-order valence-electron chi connectivity index (χ4n) is 0. The van der Waals surface area contributed by atoms with E-state index in [1.807, 2.05) is 0 Å². The lowest BCUT2D eigenvalue weighted by molar-refractivity contribution is -0.237. The first-order chi connectivity index (χ1) is 2.00. The second-order valence-electron chi connectivity index (χ2n) is 0.429. The van der Waals surface area contributed by atoms with E-state index in [4.69, 9.17) is 0 Å². The quantitative estimate of drug-likeness (QED) is 0.337. The first-order valence-electron chi connectivity index (χ1n) is 0.756. The molecular weight excluding hydrogens is 119 g/mol. The minimum Gasteiger partial charge on any atom is -0.153 e. The van der Waals surface area contributed by atoms with Crippen molar-refractivity contribution in [3.63, 3.8) is 0 Å². The van der Waals surface area contributed by atoms with Gasteiger partial charge >= 0.3 is 6.43 Å². The zero-order valence-electron chi connectivity index (χ0n) is 2.72. The molecule has 40 valence electrons. The lowest BCUT2D eigenvalue weighted by Gasteiger charge is -1.82. The van der Waals surface area contributed by atoms with Gasteiger partial charge in [0.25, 0.3) is 0 Å². The molecule has 0 heterocycles. The Kier molecular flexibility index (Phi) is 3.70. The Bertz CT molecular complexity index is 23.0. The molecule has 0 rings (SSSR count). The van der Waals surface area contributed by atoms with Gasteiger partial charge in [-0.15, -0.1) is 17.6 Å². The minimum atomic E-state index is -5.50. The van der Waals surface area contributed by atoms with E-state index in [2.05, 4.69) is 0 Å². The van der Waals surface area contributed by atoms with E-state index in [0.717, 1.165) is 0 Å². The molecule has 0 aliphatic rings. The van der Waals surface area contributed by atoms with Crippen molar-refractivity contribution in [2.75, 3.05) is 0 Å². The third-order valence-electron chi connectivity index (χ3n) is 0. The van der Waals surface area contributed by atoms with E-state index >= 15 is 0 Å². The lowest BCUT2D eigenvalue weighted by atomic mass is 11.5. The maximum Gasteiger partial charge on any atom is 0.559 e. The zero-order valence-corrected chi connectivity index (χ0v) is 4.13. The average Bonchev–Trinajstić information content (AvgIpc) is 0.722. The van der Waals surface area contributed by atoms with Crippen LogP contribution in [-0.2, 0) is 0 Å². The molecule has 0 saturated carbocycles. The molecule has 0 saturated heterocycles. The summed E-state index contributed by atoms with van der Waals surface area (Å²) < 4.78 is 38.8. The number of hydrogen-bond acceptors (Lipinski definition) is 0. The van der Waals surface area contributed by atoms with Crippen molar-refractivity contribution >= 4 is 9.90 Å². The van der Waals surface area contributed by atoms with Gasteiger partial charge in [0.2, 0.25) is 0 Å². The second kappa shape index (κ2) is 2.35. The summed E-state index contributed by atoms with van der Waals surface area (Å²) in [5.41, 5.74) is 0. The first-order valence-corrected chi connectivity index (χ1v) is 0.756. The van der Waals surface area contributed by atoms with Gasteiger partial charge in [0.05, 0.1) is 0 Å². The Labute approximate surface area is 35.2 Å². The summed E-state index contributed by atoms with van der Waals surface area (Å²) in [6.45, 7) is 0. The maximum absolute atomic E-state index is 9.69. The number of halogens is 4. The van der Waals surface area contributed by atoms with Gasteiger partial charge in [-0.05, 0) is 0 Å². The van der Waals surface area contributed by atoms with E-state index in [0.29, 0.717) is 0 Å². The molecule has 1 atom stereocenters. The zero-order chi connectivity index (χ0) is 4.50. The molecule has 0 fully saturated rings. The average molecular weight is 122 g/mol. The Balaban J connectivity index is 0. The van der Waals surface area contributed by atoms with Crippen LogP contribution in [0, 0.1) is 0 Å². The molecule has 0 spiro atoms. The third kappa shape index (κ3) is 1830. The predicted octanol–water partition coefficient (Wildman–Crippen LogP) is 1.53. The summed E-state index contributed by atoms with van der Waals surface area (Å²) >= 11 is 0. The molecule has 0 aromatic heterocycles. The number of rotatable bonds is 0. The fraction of sp³-hybridized carbons (Fsp3) is 1.00. The van der Waals surface area contributed by atoms with Crippen molar-refractivity contribution in [2.45, 2.75) is 6.43 Å². The van der Waals surface area contributed by atoms with E-state index in [1.165, 1.54) is 0 Å². The van der Waals surface area contributed by atoms with Crippen LogP contribution in [0.3, 0.4) is 0 Å². The van der Waals surface area contributed by atoms with Gasteiger partial charge in [-0.25, -0.2) is 0 Å². The van der Waals surface area contributed by atoms with Crippen LogP contribution >= 0.6 is 9.90 Å². The van der Waals surface area contributed by atoms with Crippen LogP contribution in [-0.4, -0.2) is 6.43 Å². The molecule has 0 aromatic rings. The van der Waals surface area contributed by atoms with Crippen LogP contribution in [0.4, 0.5) is 17.6 Å². The van der Waals surface area contributed by atoms with Crippen LogP contribution in [0.2, 0.25) is 0 Å². The molecule has 0 bridgehead atoms. The standard InChI is InChI=1S/CF4.H3P/c2-1(3,4)5;/h;1H3. The molecule has 0 nitrogen and oxygen atoms in total.